The van der Waals surface area contributed by atoms with E-state index in [1.807, 2.05) is 0 Å². The molecule has 1 aromatic heterocycles. The highest BCUT2D eigenvalue weighted by molar-refractivity contribution is 7.89. The van der Waals surface area contributed by atoms with Crippen molar-refractivity contribution in [3.05, 3.63) is 11.2 Å². The number of rotatable bonds is 3. The van der Waals surface area contributed by atoms with E-state index in [0.29, 0.717) is 6.42 Å². The molecule has 2 atom stereocenters. The third kappa shape index (κ3) is 2.85. The average molecular weight is 293 g/mol. The summed E-state index contributed by atoms with van der Waals surface area (Å²) in [6.07, 6.45) is 4.68. The van der Waals surface area contributed by atoms with E-state index in [9.17, 15) is 8.42 Å². The number of nitrogens with zero attached hydrogens (tertiary/aromatic N) is 2. The Balaban J connectivity index is 2.17. The molecule has 0 bridgehead atoms. The van der Waals surface area contributed by atoms with Crippen LogP contribution in [0.4, 0.5) is 0 Å². The second kappa shape index (κ2) is 5.16. The first-order valence-electron chi connectivity index (χ1n) is 5.85. The van der Waals surface area contributed by atoms with E-state index in [1.165, 1.54) is 10.9 Å². The summed E-state index contributed by atoms with van der Waals surface area (Å²) in [5, 5.41) is 3.96. The number of aryl methyl sites for hydroxylation is 1. The first-order chi connectivity index (χ1) is 8.40. The lowest BCUT2D eigenvalue weighted by Gasteiger charge is -2.27. The molecule has 1 heterocycles. The van der Waals surface area contributed by atoms with Crippen LogP contribution in [0.15, 0.2) is 11.2 Å². The van der Waals surface area contributed by atoms with Crippen LogP contribution in [0.5, 0.6) is 0 Å². The Hall–Kier alpha value is -0.630. The number of sulfonamides is 1. The lowest BCUT2D eigenvalue weighted by molar-refractivity contribution is 0.370. The second-order valence-electron chi connectivity index (χ2n) is 4.67. The molecule has 2 rings (SSSR count). The van der Waals surface area contributed by atoms with Crippen LogP contribution in [0.1, 0.15) is 25.7 Å². The number of hydrogen-bond acceptors (Lipinski definition) is 4. The smallest absolute Gasteiger partial charge is 0.259 e. The van der Waals surface area contributed by atoms with Crippen molar-refractivity contribution in [2.24, 2.45) is 12.8 Å². The van der Waals surface area contributed by atoms with Crippen LogP contribution >= 0.6 is 11.6 Å². The Labute approximate surface area is 112 Å². The highest BCUT2D eigenvalue weighted by Gasteiger charge is 2.28. The van der Waals surface area contributed by atoms with Gasteiger partial charge in [0.15, 0.2) is 5.03 Å². The van der Waals surface area contributed by atoms with Gasteiger partial charge in [0.25, 0.3) is 10.0 Å². The predicted molar refractivity (Wildman–Crippen MR) is 68.8 cm³/mol. The zero-order valence-corrected chi connectivity index (χ0v) is 11.7. The fourth-order valence-corrected chi connectivity index (χ4v) is 4.25. The standard InChI is InChI=1S/C10H17ClN4O2S/c1-15-10(9(11)6-13-15)18(16,17)14-8-4-2-3-7(12)5-8/h6-8,14H,2-5,12H2,1H3. The molecular weight excluding hydrogens is 276 g/mol. The van der Waals surface area contributed by atoms with Crippen LogP contribution in [-0.4, -0.2) is 30.3 Å². The molecule has 3 N–H and O–H groups in total. The monoisotopic (exact) mass is 292 g/mol. The van der Waals surface area contributed by atoms with Crippen molar-refractivity contribution in [3.8, 4) is 0 Å². The van der Waals surface area contributed by atoms with E-state index in [4.69, 9.17) is 17.3 Å². The molecule has 0 spiro atoms. The Bertz CT molecular complexity index is 508. The summed E-state index contributed by atoms with van der Waals surface area (Å²) in [4.78, 5) is 0. The number of nitrogens with one attached hydrogen (secondary N) is 1. The van der Waals surface area contributed by atoms with Crippen molar-refractivity contribution in [2.45, 2.75) is 42.8 Å². The van der Waals surface area contributed by atoms with Gasteiger partial charge in [-0.1, -0.05) is 18.0 Å². The molecule has 1 aliphatic carbocycles. The van der Waals surface area contributed by atoms with Crippen LogP contribution in [0, 0.1) is 0 Å². The van der Waals surface area contributed by atoms with E-state index >= 15 is 0 Å². The fraction of sp³-hybridized carbons (Fsp3) is 0.700. The normalized spacial score (nSPS) is 25.3. The zero-order chi connectivity index (χ0) is 13.3. The quantitative estimate of drug-likeness (QED) is 0.854. The Morgan fingerprint density at radius 2 is 2.28 bits per heavy atom. The summed E-state index contributed by atoms with van der Waals surface area (Å²) in [6.45, 7) is 0. The Morgan fingerprint density at radius 3 is 2.83 bits per heavy atom. The van der Waals surface area contributed by atoms with Crippen LogP contribution in [-0.2, 0) is 17.1 Å². The summed E-state index contributed by atoms with van der Waals surface area (Å²) >= 11 is 5.85. The van der Waals surface area contributed by atoms with Gasteiger partial charge in [-0.2, -0.15) is 5.10 Å². The summed E-state index contributed by atoms with van der Waals surface area (Å²) in [6, 6.07) is -0.0572. The van der Waals surface area contributed by atoms with Gasteiger partial charge < -0.3 is 5.73 Å². The number of nitrogens with two attached hydrogens (primary N) is 1. The van der Waals surface area contributed by atoms with Gasteiger partial charge in [-0.15, -0.1) is 0 Å². The van der Waals surface area contributed by atoms with E-state index in [2.05, 4.69) is 9.82 Å². The highest BCUT2D eigenvalue weighted by atomic mass is 35.5. The molecule has 1 fully saturated rings. The van der Waals surface area contributed by atoms with Gasteiger partial charge in [0.2, 0.25) is 0 Å². The van der Waals surface area contributed by atoms with Gasteiger partial charge in [0, 0.05) is 19.1 Å². The first kappa shape index (κ1) is 13.8. The Kier molecular flexibility index (Phi) is 3.96. The summed E-state index contributed by atoms with van der Waals surface area (Å²) < 4.78 is 28.3. The molecule has 0 aliphatic heterocycles. The molecule has 0 saturated heterocycles. The maximum absolute atomic E-state index is 12.2. The molecular formula is C10H17ClN4O2S. The van der Waals surface area contributed by atoms with Crippen LogP contribution in [0.2, 0.25) is 5.02 Å². The molecule has 8 heteroatoms. The molecule has 1 aromatic rings. The van der Waals surface area contributed by atoms with Crippen molar-refractivity contribution >= 4 is 21.6 Å². The van der Waals surface area contributed by atoms with Gasteiger partial charge in [-0.05, 0) is 19.3 Å². The molecule has 0 amide bonds. The van der Waals surface area contributed by atoms with Gasteiger partial charge in [0.1, 0.15) is 0 Å². The van der Waals surface area contributed by atoms with Crippen molar-refractivity contribution < 1.29 is 8.42 Å². The van der Waals surface area contributed by atoms with Crippen LogP contribution < -0.4 is 10.5 Å². The highest BCUT2D eigenvalue weighted by Crippen LogP contribution is 2.23. The largest absolute Gasteiger partial charge is 0.328 e. The third-order valence-corrected chi connectivity index (χ3v) is 5.16. The lowest BCUT2D eigenvalue weighted by Crippen LogP contribution is -2.42. The predicted octanol–water partition coefficient (Wildman–Crippen LogP) is 0.622. The molecule has 2 unspecified atom stereocenters. The molecule has 0 radical (unpaired) electrons. The first-order valence-corrected chi connectivity index (χ1v) is 7.71. The van der Waals surface area contributed by atoms with E-state index in [0.717, 1.165) is 19.3 Å². The molecule has 1 saturated carbocycles. The fourth-order valence-electron chi connectivity index (χ4n) is 2.31. The topological polar surface area (TPSA) is 90.0 Å². The van der Waals surface area contributed by atoms with Crippen LogP contribution in [0.3, 0.4) is 0 Å². The molecule has 1 aliphatic rings. The maximum atomic E-state index is 12.2. The van der Waals surface area contributed by atoms with Crippen molar-refractivity contribution in [3.63, 3.8) is 0 Å². The van der Waals surface area contributed by atoms with Gasteiger partial charge in [0.05, 0.1) is 11.2 Å². The van der Waals surface area contributed by atoms with Gasteiger partial charge in [-0.25, -0.2) is 13.1 Å². The van der Waals surface area contributed by atoms with Crippen molar-refractivity contribution in [1.82, 2.24) is 14.5 Å². The molecule has 0 aromatic carbocycles. The third-order valence-electron chi connectivity index (χ3n) is 3.13. The minimum atomic E-state index is -3.64. The SMILES string of the molecule is Cn1ncc(Cl)c1S(=O)(=O)NC1CCCC(N)C1. The van der Waals surface area contributed by atoms with E-state index in [1.54, 1.807) is 7.05 Å². The summed E-state index contributed by atoms with van der Waals surface area (Å²) in [7, 11) is -2.09. The number of halogens is 1. The van der Waals surface area contributed by atoms with Crippen molar-refractivity contribution in [2.75, 3.05) is 0 Å². The van der Waals surface area contributed by atoms with Crippen LogP contribution in [0.25, 0.3) is 0 Å². The summed E-state index contributed by atoms with van der Waals surface area (Å²) in [5.74, 6) is 0. The van der Waals surface area contributed by atoms with E-state index < -0.39 is 10.0 Å². The number of hydrogen-bond donors (Lipinski definition) is 2. The molecule has 102 valence electrons. The minimum Gasteiger partial charge on any atom is -0.328 e. The maximum Gasteiger partial charge on any atom is 0.259 e. The van der Waals surface area contributed by atoms with Gasteiger partial charge in [-0.3, -0.25) is 4.68 Å². The second-order valence-corrected chi connectivity index (χ2v) is 6.70. The zero-order valence-electron chi connectivity index (χ0n) is 10.1. The minimum absolute atomic E-state index is 0.00307. The Morgan fingerprint density at radius 1 is 1.56 bits per heavy atom. The lowest BCUT2D eigenvalue weighted by atomic mass is 9.92. The summed E-state index contributed by atoms with van der Waals surface area (Å²) in [5.41, 5.74) is 5.84. The van der Waals surface area contributed by atoms with E-state index in [-0.39, 0.29) is 22.1 Å². The average Bonchev–Trinajstić information content (AvgIpc) is 2.58. The molecule has 6 nitrogen and oxygen atoms in total. The van der Waals surface area contributed by atoms with Crippen molar-refractivity contribution in [1.29, 1.82) is 0 Å². The van der Waals surface area contributed by atoms with Gasteiger partial charge >= 0.3 is 0 Å². The molecule has 18 heavy (non-hydrogen) atoms. The number of aromatic nitrogens is 2.